The fourth-order valence-corrected chi connectivity index (χ4v) is 1.61. The van der Waals surface area contributed by atoms with Gasteiger partial charge in [-0.3, -0.25) is 4.79 Å². The molecular weight excluding hydrogens is 245 g/mol. The second-order valence-corrected chi connectivity index (χ2v) is 4.31. The molecule has 0 atom stereocenters. The first-order valence-corrected chi connectivity index (χ1v) is 6.54. The third-order valence-corrected chi connectivity index (χ3v) is 2.68. The lowest BCUT2D eigenvalue weighted by molar-refractivity contribution is -0.116. The predicted octanol–water partition coefficient (Wildman–Crippen LogP) is 2.51. The Morgan fingerprint density at radius 3 is 2.53 bits per heavy atom. The van der Waals surface area contributed by atoms with Gasteiger partial charge in [0.25, 0.3) is 0 Å². The Bertz CT molecular complexity index is 401. The molecule has 1 rings (SSSR count). The Kier molecular flexibility index (Phi) is 7.51. The van der Waals surface area contributed by atoms with Crippen LogP contribution in [-0.4, -0.2) is 24.2 Å². The van der Waals surface area contributed by atoms with Crippen molar-refractivity contribution in [3.8, 4) is 0 Å². The third-order valence-electron chi connectivity index (χ3n) is 2.68. The number of rotatable bonds is 8. The molecule has 2 N–H and O–H groups in total. The highest BCUT2D eigenvalue weighted by Gasteiger charge is 1.95. The van der Waals surface area contributed by atoms with E-state index in [1.165, 1.54) is 18.2 Å². The average Bonchev–Trinajstić information content (AvgIpc) is 2.42. The number of benzene rings is 1. The topological polar surface area (TPSA) is 49.3 Å². The van der Waals surface area contributed by atoms with Crippen molar-refractivity contribution in [3.63, 3.8) is 0 Å². The van der Waals surface area contributed by atoms with Gasteiger partial charge in [-0.15, -0.1) is 0 Å². The van der Waals surface area contributed by atoms with Gasteiger partial charge in [-0.2, -0.15) is 0 Å². The molecule has 0 bridgehead atoms. The average molecular weight is 265 g/mol. The molecule has 3 nitrogen and oxygen atoms in total. The van der Waals surface area contributed by atoms with E-state index >= 15 is 0 Å². The summed E-state index contributed by atoms with van der Waals surface area (Å²) in [5.41, 5.74) is 0.791. The van der Waals surface area contributed by atoms with E-state index in [1.807, 2.05) is 0 Å². The van der Waals surface area contributed by atoms with E-state index < -0.39 is 0 Å². The number of carbonyl (C=O) groups is 1. The molecule has 1 aromatic carbocycles. The lowest BCUT2D eigenvalue weighted by Crippen LogP contribution is -2.21. The van der Waals surface area contributed by atoms with Crippen molar-refractivity contribution in [2.45, 2.75) is 25.7 Å². The lowest BCUT2D eigenvalue weighted by atomic mass is 10.2. The zero-order valence-corrected chi connectivity index (χ0v) is 10.9. The highest BCUT2D eigenvalue weighted by Crippen LogP contribution is 2.04. The Morgan fingerprint density at radius 2 is 1.84 bits per heavy atom. The fraction of sp³-hybridized carbons (Fsp3) is 0.400. The summed E-state index contributed by atoms with van der Waals surface area (Å²) in [7, 11) is 0. The first kappa shape index (κ1) is 15.4. The van der Waals surface area contributed by atoms with Gasteiger partial charge in [0.15, 0.2) is 0 Å². The number of carbonyl (C=O) groups excluding carboxylic acids is 1. The molecule has 0 unspecified atom stereocenters. The van der Waals surface area contributed by atoms with E-state index in [1.54, 1.807) is 18.2 Å². The van der Waals surface area contributed by atoms with Crippen molar-refractivity contribution in [3.05, 3.63) is 41.7 Å². The van der Waals surface area contributed by atoms with Crippen molar-refractivity contribution >= 4 is 12.0 Å². The molecule has 1 aromatic rings. The summed E-state index contributed by atoms with van der Waals surface area (Å²) >= 11 is 0. The Morgan fingerprint density at radius 1 is 1.16 bits per heavy atom. The number of unbranched alkanes of at least 4 members (excludes halogenated alkanes) is 3. The normalized spacial score (nSPS) is 10.8. The SMILES string of the molecule is O=C(/C=C/c1ccc(F)cc1)NCCCCCCO. The van der Waals surface area contributed by atoms with E-state index in [0.717, 1.165) is 31.2 Å². The van der Waals surface area contributed by atoms with Gasteiger partial charge in [0.05, 0.1) is 0 Å². The molecule has 1 amide bonds. The van der Waals surface area contributed by atoms with Gasteiger partial charge in [0, 0.05) is 19.2 Å². The number of halogens is 1. The number of hydrogen-bond donors (Lipinski definition) is 2. The van der Waals surface area contributed by atoms with Crippen molar-refractivity contribution in [2.75, 3.05) is 13.2 Å². The summed E-state index contributed by atoms with van der Waals surface area (Å²) in [6.45, 7) is 0.866. The molecule has 0 aliphatic heterocycles. The zero-order valence-electron chi connectivity index (χ0n) is 10.9. The highest BCUT2D eigenvalue weighted by molar-refractivity contribution is 5.91. The second kappa shape index (κ2) is 9.28. The van der Waals surface area contributed by atoms with Gasteiger partial charge in [-0.1, -0.05) is 25.0 Å². The second-order valence-electron chi connectivity index (χ2n) is 4.31. The zero-order chi connectivity index (χ0) is 13.9. The summed E-state index contributed by atoms with van der Waals surface area (Å²) in [5, 5.41) is 11.4. The summed E-state index contributed by atoms with van der Waals surface area (Å²) in [4.78, 5) is 11.5. The number of amides is 1. The van der Waals surface area contributed by atoms with Crippen molar-refractivity contribution in [1.82, 2.24) is 5.32 Å². The molecule has 104 valence electrons. The van der Waals surface area contributed by atoms with Crippen LogP contribution in [0, 0.1) is 5.82 Å². The van der Waals surface area contributed by atoms with E-state index in [4.69, 9.17) is 5.11 Å². The molecule has 0 aliphatic rings. The molecule has 0 radical (unpaired) electrons. The van der Waals surface area contributed by atoms with Crippen LogP contribution < -0.4 is 5.32 Å². The lowest BCUT2D eigenvalue weighted by Gasteiger charge is -2.01. The maximum Gasteiger partial charge on any atom is 0.243 e. The third kappa shape index (κ3) is 7.36. The van der Waals surface area contributed by atoms with Crippen LogP contribution in [-0.2, 0) is 4.79 Å². The van der Waals surface area contributed by atoms with Crippen LogP contribution in [0.5, 0.6) is 0 Å². The Balaban J connectivity index is 2.18. The van der Waals surface area contributed by atoms with Gasteiger partial charge in [-0.05, 0) is 36.6 Å². The number of hydrogen-bond acceptors (Lipinski definition) is 2. The molecule has 0 aromatic heterocycles. The van der Waals surface area contributed by atoms with Gasteiger partial charge < -0.3 is 10.4 Å². The molecule has 0 fully saturated rings. The van der Waals surface area contributed by atoms with Crippen LogP contribution in [0.1, 0.15) is 31.2 Å². The predicted molar refractivity (Wildman–Crippen MR) is 74.0 cm³/mol. The maximum atomic E-state index is 12.7. The molecule has 0 aliphatic carbocycles. The van der Waals surface area contributed by atoms with Crippen molar-refractivity contribution in [1.29, 1.82) is 0 Å². The smallest absolute Gasteiger partial charge is 0.243 e. The maximum absolute atomic E-state index is 12.7. The first-order chi connectivity index (χ1) is 9.22. The number of nitrogens with one attached hydrogen (secondary N) is 1. The van der Waals surface area contributed by atoms with Crippen LogP contribution in [0.3, 0.4) is 0 Å². The first-order valence-electron chi connectivity index (χ1n) is 6.54. The summed E-state index contributed by atoms with van der Waals surface area (Å²) < 4.78 is 12.7. The van der Waals surface area contributed by atoms with Gasteiger partial charge in [0.2, 0.25) is 5.91 Å². The van der Waals surface area contributed by atoms with Crippen LogP contribution in [0.4, 0.5) is 4.39 Å². The van der Waals surface area contributed by atoms with E-state index in [0.29, 0.717) is 6.54 Å². The van der Waals surface area contributed by atoms with E-state index in [-0.39, 0.29) is 18.3 Å². The van der Waals surface area contributed by atoms with E-state index in [2.05, 4.69) is 5.32 Å². The Hall–Kier alpha value is -1.68. The van der Waals surface area contributed by atoms with Gasteiger partial charge in [0.1, 0.15) is 5.82 Å². The minimum Gasteiger partial charge on any atom is -0.396 e. The van der Waals surface area contributed by atoms with Crippen LogP contribution in [0.25, 0.3) is 6.08 Å². The minimum atomic E-state index is -0.288. The Labute approximate surface area is 113 Å². The van der Waals surface area contributed by atoms with Gasteiger partial charge >= 0.3 is 0 Å². The minimum absolute atomic E-state index is 0.147. The molecule has 0 spiro atoms. The van der Waals surface area contributed by atoms with E-state index in [9.17, 15) is 9.18 Å². The molecule has 0 saturated heterocycles. The quantitative estimate of drug-likeness (QED) is 0.560. The van der Waals surface area contributed by atoms with Crippen LogP contribution >= 0.6 is 0 Å². The molecule has 0 saturated carbocycles. The largest absolute Gasteiger partial charge is 0.396 e. The van der Waals surface area contributed by atoms with Crippen molar-refractivity contribution < 1.29 is 14.3 Å². The molecule has 19 heavy (non-hydrogen) atoms. The van der Waals surface area contributed by atoms with Crippen molar-refractivity contribution in [2.24, 2.45) is 0 Å². The molecule has 4 heteroatoms. The number of aliphatic hydroxyl groups is 1. The molecule has 0 heterocycles. The monoisotopic (exact) mass is 265 g/mol. The number of aliphatic hydroxyl groups excluding tert-OH is 1. The summed E-state index contributed by atoms with van der Waals surface area (Å²) in [5.74, 6) is -0.434. The van der Waals surface area contributed by atoms with Crippen LogP contribution in [0.15, 0.2) is 30.3 Å². The molecular formula is C15H20FNO2. The fourth-order valence-electron chi connectivity index (χ4n) is 1.61. The van der Waals surface area contributed by atoms with Gasteiger partial charge in [-0.25, -0.2) is 4.39 Å². The highest BCUT2D eigenvalue weighted by atomic mass is 19.1. The summed E-state index contributed by atoms with van der Waals surface area (Å²) in [6.07, 6.45) is 6.82. The summed E-state index contributed by atoms with van der Waals surface area (Å²) in [6, 6.07) is 5.96. The standard InChI is InChI=1S/C15H20FNO2/c16-14-8-5-13(6-9-14)7-10-15(19)17-11-3-1-2-4-12-18/h5-10,18H,1-4,11-12H2,(H,17,19)/b10-7+. The van der Waals surface area contributed by atoms with Crippen LogP contribution in [0.2, 0.25) is 0 Å².